The Morgan fingerprint density at radius 1 is 1.16 bits per heavy atom. The molecule has 1 aliphatic heterocycles. The van der Waals surface area contributed by atoms with Crippen LogP contribution in [-0.2, 0) is 4.79 Å². The van der Waals surface area contributed by atoms with E-state index >= 15 is 0 Å². The largest absolute Gasteiger partial charge is 0.510 e. The van der Waals surface area contributed by atoms with Gasteiger partial charge in [-0.3, -0.25) is 14.7 Å². The summed E-state index contributed by atoms with van der Waals surface area (Å²) in [4.78, 5) is 38.8. The topological polar surface area (TPSA) is 140 Å². The zero-order valence-electron chi connectivity index (χ0n) is 20.3. The van der Waals surface area contributed by atoms with E-state index in [9.17, 15) is 24.6 Å². The predicted molar refractivity (Wildman–Crippen MR) is 137 cm³/mol. The van der Waals surface area contributed by atoms with Crippen LogP contribution in [0.25, 0.3) is 5.69 Å². The van der Waals surface area contributed by atoms with E-state index in [-0.39, 0.29) is 22.9 Å². The number of azo groups is 1. The monoisotopic (exact) mass is 499 g/mol. The summed E-state index contributed by atoms with van der Waals surface area (Å²) in [6, 6.07) is 12.9. The van der Waals surface area contributed by atoms with Crippen LogP contribution in [0.15, 0.2) is 87.0 Å². The van der Waals surface area contributed by atoms with E-state index in [1.165, 1.54) is 16.8 Å². The Labute approximate surface area is 211 Å². The van der Waals surface area contributed by atoms with Crippen LogP contribution in [0.2, 0.25) is 0 Å². The average Bonchev–Trinajstić information content (AvgIpc) is 3.32. The van der Waals surface area contributed by atoms with E-state index in [0.29, 0.717) is 29.8 Å². The summed E-state index contributed by atoms with van der Waals surface area (Å²) in [5, 5.41) is 31.5. The lowest BCUT2D eigenvalue weighted by Gasteiger charge is -2.19. The number of nitrogens with one attached hydrogen (secondary N) is 1. The van der Waals surface area contributed by atoms with Crippen LogP contribution in [0.1, 0.15) is 40.4 Å². The number of hydrogen-bond acceptors (Lipinski definition) is 6. The zero-order chi connectivity index (χ0) is 26.3. The van der Waals surface area contributed by atoms with Crippen LogP contribution < -0.4 is 10.5 Å². The van der Waals surface area contributed by atoms with Gasteiger partial charge in [0.2, 0.25) is 5.91 Å². The van der Waals surface area contributed by atoms with Crippen LogP contribution in [-0.4, -0.2) is 45.0 Å². The number of carbonyl (C=O) groups excluding carboxylic acids is 1. The van der Waals surface area contributed by atoms with Crippen molar-refractivity contribution >= 4 is 23.3 Å². The number of anilines is 1. The third kappa shape index (κ3) is 4.26. The van der Waals surface area contributed by atoms with Gasteiger partial charge in [0.15, 0.2) is 5.69 Å². The van der Waals surface area contributed by atoms with Gasteiger partial charge in [-0.1, -0.05) is 36.4 Å². The summed E-state index contributed by atoms with van der Waals surface area (Å²) >= 11 is 0. The van der Waals surface area contributed by atoms with Gasteiger partial charge in [0.05, 0.1) is 22.9 Å². The molecule has 2 atom stereocenters. The number of amides is 1. The maximum Gasteiger partial charge on any atom is 0.335 e. The molecular weight excluding hydrogens is 474 g/mol. The van der Waals surface area contributed by atoms with Gasteiger partial charge in [0.25, 0.3) is 5.56 Å². The van der Waals surface area contributed by atoms with E-state index in [1.807, 2.05) is 30.3 Å². The van der Waals surface area contributed by atoms with Crippen molar-refractivity contribution < 1.29 is 19.8 Å². The Balaban J connectivity index is 1.40. The lowest BCUT2D eigenvalue weighted by atomic mass is 9.89. The molecule has 0 spiro atoms. The number of nitrogens with zero attached hydrogens (tertiary/aromatic N) is 4. The number of aryl methyl sites for hydroxylation is 1. The number of aromatic amines is 1. The fraction of sp³-hybridized carbons (Fsp3) is 0.222. The number of hydrogen-bond donors (Lipinski definition) is 3. The molecule has 0 saturated heterocycles. The Morgan fingerprint density at radius 3 is 2.73 bits per heavy atom. The van der Waals surface area contributed by atoms with Crippen molar-refractivity contribution in [1.82, 2.24) is 9.78 Å². The number of carbonyl (C=O) groups is 2. The number of para-hydroxylation sites is 1. The van der Waals surface area contributed by atoms with Crippen LogP contribution in [0, 0.1) is 6.92 Å². The maximum atomic E-state index is 13.0. The van der Waals surface area contributed by atoms with Crippen molar-refractivity contribution in [3.63, 3.8) is 0 Å². The number of carboxylic acids is 1. The number of likely N-dealkylation sites (N-methyl/N-ethyl adjacent to an activating group) is 1. The average molecular weight is 500 g/mol. The lowest BCUT2D eigenvalue weighted by Crippen LogP contribution is -2.24. The molecule has 0 bridgehead atoms. The fourth-order valence-electron chi connectivity index (χ4n) is 4.76. The zero-order valence-corrected chi connectivity index (χ0v) is 20.3. The van der Waals surface area contributed by atoms with Crippen molar-refractivity contribution in [3.05, 3.63) is 99.2 Å². The van der Waals surface area contributed by atoms with Crippen LogP contribution in [0.3, 0.4) is 0 Å². The highest BCUT2D eigenvalue weighted by Gasteiger charge is 2.36. The van der Waals surface area contributed by atoms with Crippen molar-refractivity contribution in [2.75, 3.05) is 11.9 Å². The summed E-state index contributed by atoms with van der Waals surface area (Å²) in [6.45, 7) is 1.66. The second-order valence-electron chi connectivity index (χ2n) is 9.07. The maximum absolute atomic E-state index is 13.0. The summed E-state index contributed by atoms with van der Waals surface area (Å²) < 4.78 is 1.21. The SMILES string of the molecule is Cc1[nH]n(-c2cccc(C(=O)O)c2)c(=O)c1N=NC1CC=CC(CC2C(=O)N(C)c3ccccc32)=C1O. The Kier molecular flexibility index (Phi) is 6.08. The highest BCUT2D eigenvalue weighted by Crippen LogP contribution is 2.41. The number of aliphatic hydroxyl groups excluding tert-OH is 1. The Morgan fingerprint density at radius 2 is 1.95 bits per heavy atom. The molecule has 10 heteroatoms. The number of benzene rings is 2. The third-order valence-electron chi connectivity index (χ3n) is 6.74. The molecule has 37 heavy (non-hydrogen) atoms. The Hall–Kier alpha value is -4.73. The van der Waals surface area contributed by atoms with Crippen molar-refractivity contribution in [3.8, 4) is 5.69 Å². The van der Waals surface area contributed by atoms with Crippen LogP contribution >= 0.6 is 0 Å². The standard InChI is InChI=1S/C27H25N5O5/c1-15-23(26(35)32(30-15)18-9-5-8-17(13-18)27(36)37)29-28-21-11-6-7-16(24(21)33)14-20-19-10-3-4-12-22(19)31(2)25(20)34/h3-10,12-13,20-21,30,33H,11,14H2,1-2H3,(H,36,37). The third-order valence-corrected chi connectivity index (χ3v) is 6.74. The number of rotatable bonds is 6. The van der Waals surface area contributed by atoms with Crippen LogP contribution in [0.4, 0.5) is 11.4 Å². The number of carboxylic acid groups (broad SMARTS) is 1. The molecule has 1 aromatic heterocycles. The molecule has 3 aromatic rings. The molecule has 2 aliphatic rings. The minimum Gasteiger partial charge on any atom is -0.510 e. The van der Waals surface area contributed by atoms with Gasteiger partial charge in [-0.05, 0) is 55.2 Å². The first kappa shape index (κ1) is 24.0. The van der Waals surface area contributed by atoms with E-state index in [4.69, 9.17) is 0 Å². The van der Waals surface area contributed by atoms with Crippen molar-refractivity contribution in [1.29, 1.82) is 0 Å². The fourth-order valence-corrected chi connectivity index (χ4v) is 4.76. The number of H-pyrrole nitrogens is 1. The summed E-state index contributed by atoms with van der Waals surface area (Å²) in [5.41, 5.74) is 2.80. The number of aromatic nitrogens is 2. The molecule has 0 fully saturated rings. The first-order valence-electron chi connectivity index (χ1n) is 11.8. The molecule has 0 radical (unpaired) electrons. The minimum atomic E-state index is -1.10. The highest BCUT2D eigenvalue weighted by atomic mass is 16.4. The smallest absolute Gasteiger partial charge is 0.335 e. The first-order chi connectivity index (χ1) is 17.8. The molecule has 10 nitrogen and oxygen atoms in total. The van der Waals surface area contributed by atoms with Crippen LogP contribution in [0.5, 0.6) is 0 Å². The quantitative estimate of drug-likeness (QED) is 0.427. The van der Waals surface area contributed by atoms with Gasteiger partial charge in [-0.15, -0.1) is 5.11 Å². The predicted octanol–water partition coefficient (Wildman–Crippen LogP) is 4.55. The van der Waals surface area contributed by atoms with Gasteiger partial charge in [-0.2, -0.15) is 5.11 Å². The summed E-state index contributed by atoms with van der Waals surface area (Å²) in [7, 11) is 1.74. The van der Waals surface area contributed by atoms with Gasteiger partial charge in [-0.25, -0.2) is 9.48 Å². The summed E-state index contributed by atoms with van der Waals surface area (Å²) in [6.07, 6.45) is 4.39. The molecule has 1 aliphatic carbocycles. The highest BCUT2D eigenvalue weighted by molar-refractivity contribution is 6.04. The molecule has 2 unspecified atom stereocenters. The number of aromatic carboxylic acids is 1. The van der Waals surface area contributed by atoms with Gasteiger partial charge in [0.1, 0.15) is 11.8 Å². The second-order valence-corrected chi connectivity index (χ2v) is 9.07. The molecule has 2 heterocycles. The normalized spacial score (nSPS) is 19.2. The molecule has 5 rings (SSSR count). The van der Waals surface area contributed by atoms with Gasteiger partial charge in [0, 0.05) is 12.7 Å². The van der Waals surface area contributed by atoms with Gasteiger partial charge < -0.3 is 15.1 Å². The lowest BCUT2D eigenvalue weighted by molar-refractivity contribution is -0.119. The molecule has 0 saturated carbocycles. The van der Waals surface area contributed by atoms with E-state index < -0.39 is 23.5 Å². The first-order valence-corrected chi connectivity index (χ1v) is 11.8. The molecular formula is C27H25N5O5. The number of fused-ring (bicyclic) bond motifs is 1. The molecule has 3 N–H and O–H groups in total. The van der Waals surface area contributed by atoms with E-state index in [2.05, 4.69) is 15.3 Å². The molecule has 188 valence electrons. The number of allylic oxidation sites excluding steroid dienone is 2. The van der Waals surface area contributed by atoms with Gasteiger partial charge >= 0.3 is 5.97 Å². The summed E-state index contributed by atoms with van der Waals surface area (Å²) in [5.74, 6) is -1.52. The second kappa shape index (κ2) is 9.38. The van der Waals surface area contributed by atoms with Crippen molar-refractivity contribution in [2.24, 2.45) is 10.2 Å². The Bertz CT molecular complexity index is 1560. The number of aliphatic hydroxyl groups is 1. The minimum absolute atomic E-state index is 0.0220. The molecule has 1 amide bonds. The van der Waals surface area contributed by atoms with E-state index in [0.717, 1.165) is 11.3 Å². The van der Waals surface area contributed by atoms with E-state index in [1.54, 1.807) is 37.1 Å². The molecule has 2 aromatic carbocycles. The van der Waals surface area contributed by atoms with Crippen molar-refractivity contribution in [2.45, 2.75) is 31.7 Å².